The Bertz CT molecular complexity index is 1540. The van der Waals surface area contributed by atoms with Gasteiger partial charge in [-0.1, -0.05) is 0 Å². The molecule has 0 bridgehead atoms. The van der Waals surface area contributed by atoms with E-state index in [0.29, 0.717) is 10.4 Å². The monoisotopic (exact) mass is 625 g/mol. The van der Waals surface area contributed by atoms with Gasteiger partial charge in [0, 0.05) is 57.7 Å². The van der Waals surface area contributed by atoms with Crippen LogP contribution >= 0.6 is 56.7 Å². The molecule has 5 heterocycles. The molecule has 0 aliphatic carbocycles. The summed E-state index contributed by atoms with van der Waals surface area (Å²) in [6.45, 7) is 0. The van der Waals surface area contributed by atoms with Crippen LogP contribution in [-0.2, 0) is 16.0 Å². The van der Waals surface area contributed by atoms with Crippen molar-refractivity contribution in [2.45, 2.75) is 6.42 Å². The van der Waals surface area contributed by atoms with E-state index in [2.05, 4.69) is 0 Å². The van der Waals surface area contributed by atoms with Crippen molar-refractivity contribution in [1.29, 1.82) is 0 Å². The topological polar surface area (TPSA) is 127 Å². The van der Waals surface area contributed by atoms with Crippen LogP contribution in [0.2, 0.25) is 0 Å². The molecule has 0 spiro atoms. The van der Waals surface area contributed by atoms with Crippen LogP contribution in [0.5, 0.6) is 0 Å². The minimum absolute atomic E-state index is 0. The standard InChI is InChI=1S/C24H13O5S5.3Na.H2O/c25-11-13-1-2-14(30-13)15-3-4-18(31-15)21-9-12(10-22(26)27)23(34-21)19-7-5-16(32-19)17-6-8-20(33-17)24(28)29;;;;/h1-9H,10H2,(H,26,27)(H,28,29);;;;1H2/q-1;3*+1;/p-3. The summed E-state index contributed by atoms with van der Waals surface area (Å²) in [4.78, 5) is 41.6. The molecule has 0 radical (unpaired) electrons. The Hall–Kier alpha value is 0.0700. The third-order valence-electron chi connectivity index (χ3n) is 4.82. The van der Waals surface area contributed by atoms with Gasteiger partial charge in [0.2, 0.25) is 0 Å². The van der Waals surface area contributed by atoms with Gasteiger partial charge in [-0.2, -0.15) is 17.4 Å². The molecule has 6 nitrogen and oxygen atoms in total. The predicted octanol–water partition coefficient (Wildman–Crippen LogP) is -4.39. The van der Waals surface area contributed by atoms with E-state index in [1.54, 1.807) is 23.5 Å². The van der Waals surface area contributed by atoms with Crippen LogP contribution in [0.4, 0.5) is 0 Å². The van der Waals surface area contributed by atoms with Gasteiger partial charge in [0.1, 0.15) is 0 Å². The fraction of sp³-hybridized carbons (Fsp3) is 0.0417. The molecule has 0 aliphatic rings. The number of carbonyl (C=O) groups excluding carboxylic acids is 3. The molecule has 178 valence electrons. The molecule has 0 atom stereocenters. The molecule has 1 N–H and O–H groups in total. The number of carbonyl (C=O) groups is 2. The van der Waals surface area contributed by atoms with Gasteiger partial charge in [0.05, 0.1) is 10.8 Å². The Morgan fingerprint density at radius 3 is 1.71 bits per heavy atom. The molecule has 0 amide bonds. The second-order valence-corrected chi connectivity index (χ2v) is 12.4. The van der Waals surface area contributed by atoms with Crippen molar-refractivity contribution in [2.75, 3.05) is 0 Å². The Balaban J connectivity index is 0.00000180. The van der Waals surface area contributed by atoms with Gasteiger partial charge in [-0.05, 0) is 48.0 Å². The van der Waals surface area contributed by atoms with Crippen molar-refractivity contribution >= 4 is 74.9 Å². The van der Waals surface area contributed by atoms with Crippen LogP contribution in [0.3, 0.4) is 0 Å². The molecule has 0 fully saturated rings. The Morgan fingerprint density at radius 1 is 0.658 bits per heavy atom. The summed E-state index contributed by atoms with van der Waals surface area (Å²) in [6.07, 6.45) is 1.71. The maximum Gasteiger partial charge on any atom is 1.00 e. The van der Waals surface area contributed by atoms with E-state index < -0.39 is 11.9 Å². The molecule has 5 aromatic rings. The Morgan fingerprint density at radius 2 is 1.16 bits per heavy atom. The zero-order valence-electron chi connectivity index (χ0n) is 20.4. The first-order chi connectivity index (χ1) is 16.4. The quantitative estimate of drug-likeness (QED) is 0.127. The van der Waals surface area contributed by atoms with E-state index in [1.165, 1.54) is 40.1 Å². The molecule has 0 unspecified atom stereocenters. The molecule has 38 heavy (non-hydrogen) atoms. The summed E-state index contributed by atoms with van der Waals surface area (Å²) in [6, 6.07) is 16.6. The average Bonchev–Trinajstić information content (AvgIpc) is 3.62. The molecule has 5 rings (SSSR count). The number of carboxylic acid groups (broad SMARTS) is 2. The number of rotatable bonds is 8. The summed E-state index contributed by atoms with van der Waals surface area (Å²) in [5.41, 5.74) is 0.680. The van der Waals surface area contributed by atoms with Gasteiger partial charge in [-0.25, -0.2) is 0 Å². The molecule has 0 aliphatic heterocycles. The van der Waals surface area contributed by atoms with E-state index in [4.69, 9.17) is 0 Å². The minimum Gasteiger partial charge on any atom is -0.870 e. The molecule has 0 saturated heterocycles. The van der Waals surface area contributed by atoms with Crippen LogP contribution < -0.4 is 98.9 Å². The number of hydrogen-bond donors (Lipinski definition) is 0. The van der Waals surface area contributed by atoms with Gasteiger partial charge in [-0.3, -0.25) is 0 Å². The first-order valence-corrected chi connectivity index (χ1v) is 13.8. The molecular formula is C24H12Na3O6S5-. The first-order valence-electron chi connectivity index (χ1n) is 9.74. The number of aromatic carboxylic acids is 1. The molecule has 14 heteroatoms. The Kier molecular flexibility index (Phi) is 15.1. The SMILES string of the molecule is O=[C-]c1ccc(-c2ccc(-c3cc(CC(=O)[O-])c(-c4ccc(-c5ccc(C(=O)[O-])s5)s4)s3)s2)s1.[Na+].[Na+].[Na+].[OH-]. The van der Waals surface area contributed by atoms with Crippen LogP contribution in [0.1, 0.15) is 20.1 Å². The predicted molar refractivity (Wildman–Crippen MR) is 137 cm³/mol. The van der Waals surface area contributed by atoms with Gasteiger partial charge < -0.3 is 30.1 Å². The molecule has 0 aromatic carbocycles. The van der Waals surface area contributed by atoms with Crippen molar-refractivity contribution in [1.82, 2.24) is 0 Å². The van der Waals surface area contributed by atoms with E-state index in [9.17, 15) is 24.6 Å². The van der Waals surface area contributed by atoms with Crippen LogP contribution in [0, 0.1) is 0 Å². The van der Waals surface area contributed by atoms with E-state index in [-0.39, 0.29) is 105 Å². The second-order valence-electron chi connectivity index (χ2n) is 7.06. The summed E-state index contributed by atoms with van der Waals surface area (Å²) in [5.74, 6) is -2.35. The second kappa shape index (κ2) is 15.9. The van der Waals surface area contributed by atoms with Crippen molar-refractivity contribution in [3.63, 3.8) is 0 Å². The summed E-state index contributed by atoms with van der Waals surface area (Å²) in [5, 5.41) is 22.5. The maximum atomic E-state index is 11.4. The Labute approximate surface area is 304 Å². The fourth-order valence-electron chi connectivity index (χ4n) is 3.35. The summed E-state index contributed by atoms with van der Waals surface area (Å²) >= 11 is 7.10. The maximum absolute atomic E-state index is 11.4. The van der Waals surface area contributed by atoms with Crippen LogP contribution in [-0.4, -0.2) is 23.7 Å². The van der Waals surface area contributed by atoms with Crippen molar-refractivity contribution in [3.05, 3.63) is 69.9 Å². The van der Waals surface area contributed by atoms with Crippen molar-refractivity contribution < 1.29 is 119 Å². The first kappa shape index (κ1) is 36.1. The summed E-state index contributed by atoms with van der Waals surface area (Å²) < 4.78 is 0. The van der Waals surface area contributed by atoms with E-state index in [0.717, 1.165) is 50.4 Å². The molecule has 0 saturated carbocycles. The third-order valence-corrected chi connectivity index (χ3v) is 11.0. The van der Waals surface area contributed by atoms with Crippen molar-refractivity contribution in [3.8, 4) is 39.0 Å². The third kappa shape index (κ3) is 8.09. The van der Waals surface area contributed by atoms with Crippen LogP contribution in [0.25, 0.3) is 39.0 Å². The smallest absolute Gasteiger partial charge is 0.870 e. The average molecular weight is 626 g/mol. The normalized spacial score (nSPS) is 9.89. The van der Waals surface area contributed by atoms with Gasteiger partial charge >= 0.3 is 88.7 Å². The minimum atomic E-state index is -1.20. The zero-order chi connectivity index (χ0) is 23.8. The number of hydrogen-bond acceptors (Lipinski definition) is 11. The van der Waals surface area contributed by atoms with E-state index in [1.807, 2.05) is 42.7 Å². The molecular weight excluding hydrogens is 614 g/mol. The number of carboxylic acids is 2. The largest absolute Gasteiger partial charge is 1.00 e. The van der Waals surface area contributed by atoms with Gasteiger partial charge in [-0.15, -0.1) is 56.3 Å². The molecule has 5 aromatic heterocycles. The van der Waals surface area contributed by atoms with E-state index >= 15 is 0 Å². The summed E-state index contributed by atoms with van der Waals surface area (Å²) in [7, 11) is 0. The number of thiophene rings is 5. The fourth-order valence-corrected chi connectivity index (χ4v) is 8.59. The zero-order valence-corrected chi connectivity index (χ0v) is 30.5. The van der Waals surface area contributed by atoms with Crippen molar-refractivity contribution in [2.24, 2.45) is 0 Å². The number of aliphatic carboxylic acids is 1. The van der Waals surface area contributed by atoms with Crippen LogP contribution in [0.15, 0.2) is 54.6 Å². The van der Waals surface area contributed by atoms with Gasteiger partial charge in [0.15, 0.2) is 0 Å². The van der Waals surface area contributed by atoms with Gasteiger partial charge in [0.25, 0.3) is 0 Å².